The van der Waals surface area contributed by atoms with E-state index < -0.39 is 10.8 Å². The van der Waals surface area contributed by atoms with Crippen molar-refractivity contribution >= 4 is 55.2 Å². The van der Waals surface area contributed by atoms with Gasteiger partial charge in [0.05, 0.1) is 26.7 Å². The lowest BCUT2D eigenvalue weighted by Gasteiger charge is -2.12. The third-order valence-electron chi connectivity index (χ3n) is 4.56. The van der Waals surface area contributed by atoms with Gasteiger partial charge in [-0.3, -0.25) is 14.9 Å². The lowest BCUT2D eigenvalue weighted by atomic mass is 10.1. The van der Waals surface area contributed by atoms with E-state index in [1.807, 2.05) is 36.4 Å². The summed E-state index contributed by atoms with van der Waals surface area (Å²) in [4.78, 5) is 23.2. The first-order valence-corrected chi connectivity index (χ1v) is 11.3. The van der Waals surface area contributed by atoms with Crippen LogP contribution in [-0.4, -0.2) is 17.9 Å². The van der Waals surface area contributed by atoms with Crippen LogP contribution in [0.15, 0.2) is 75.2 Å². The molecular weight excluding hydrogens is 570 g/mol. The molecular formula is C24H17Br2N3O5. The van der Waals surface area contributed by atoms with Crippen molar-refractivity contribution in [2.75, 3.05) is 12.4 Å². The number of non-ortho nitro benzene ring substituents is 1. The molecule has 0 heterocycles. The summed E-state index contributed by atoms with van der Waals surface area (Å²) >= 11 is 6.93. The number of hydrogen-bond acceptors (Lipinski definition) is 6. The lowest BCUT2D eigenvalue weighted by molar-refractivity contribution is -0.384. The fourth-order valence-corrected chi connectivity index (χ4v) is 4.39. The van der Waals surface area contributed by atoms with Crippen LogP contribution in [0, 0.1) is 21.4 Å². The minimum atomic E-state index is -0.738. The van der Waals surface area contributed by atoms with Crippen molar-refractivity contribution in [3.05, 3.63) is 96.4 Å². The van der Waals surface area contributed by atoms with Gasteiger partial charge in [-0.1, -0.05) is 30.3 Å². The van der Waals surface area contributed by atoms with E-state index in [0.717, 1.165) is 11.6 Å². The van der Waals surface area contributed by atoms with Crippen molar-refractivity contribution in [3.63, 3.8) is 0 Å². The van der Waals surface area contributed by atoms with Crippen molar-refractivity contribution in [1.82, 2.24) is 0 Å². The average molecular weight is 587 g/mol. The number of nitrogens with one attached hydrogen (secondary N) is 1. The molecule has 0 radical (unpaired) electrons. The summed E-state index contributed by atoms with van der Waals surface area (Å²) in [5, 5.41) is 23.1. The molecule has 0 aliphatic carbocycles. The molecule has 0 unspecified atom stereocenters. The van der Waals surface area contributed by atoms with Gasteiger partial charge in [0.15, 0.2) is 0 Å². The number of amides is 1. The number of anilines is 1. The molecule has 0 fully saturated rings. The quantitative estimate of drug-likeness (QED) is 0.144. The standard InChI is InChI=1S/C24H17Br2N3O5/c1-33-22-8-7-18(29(31)32)12-21(22)28-24(30)17(13-27)9-16-10-19(25)23(20(26)11-16)34-14-15-5-3-2-4-6-15/h2-12H,14H2,1H3,(H,28,30)/b17-9+. The van der Waals surface area contributed by atoms with E-state index in [-0.39, 0.29) is 22.7 Å². The van der Waals surface area contributed by atoms with Crippen LogP contribution in [0.1, 0.15) is 11.1 Å². The van der Waals surface area contributed by atoms with Gasteiger partial charge in [0, 0.05) is 12.1 Å². The molecule has 34 heavy (non-hydrogen) atoms. The van der Waals surface area contributed by atoms with Gasteiger partial charge >= 0.3 is 0 Å². The van der Waals surface area contributed by atoms with Crippen LogP contribution < -0.4 is 14.8 Å². The van der Waals surface area contributed by atoms with E-state index >= 15 is 0 Å². The minimum Gasteiger partial charge on any atom is -0.495 e. The van der Waals surface area contributed by atoms with E-state index in [2.05, 4.69) is 37.2 Å². The third kappa shape index (κ3) is 6.21. The summed E-state index contributed by atoms with van der Waals surface area (Å²) in [5.74, 6) is 0.0601. The monoisotopic (exact) mass is 585 g/mol. The molecule has 8 nitrogen and oxygen atoms in total. The number of hydrogen-bond donors (Lipinski definition) is 1. The number of ether oxygens (including phenoxy) is 2. The topological polar surface area (TPSA) is 114 Å². The Kier molecular flexibility index (Phi) is 8.40. The van der Waals surface area contributed by atoms with Crippen LogP contribution in [0.5, 0.6) is 11.5 Å². The Morgan fingerprint density at radius 2 is 1.82 bits per heavy atom. The number of nitrogens with zero attached hydrogens (tertiary/aromatic N) is 2. The number of carbonyl (C=O) groups excluding carboxylic acids is 1. The highest BCUT2D eigenvalue weighted by Gasteiger charge is 2.17. The Balaban J connectivity index is 1.82. The van der Waals surface area contributed by atoms with Gasteiger partial charge in [0.25, 0.3) is 11.6 Å². The summed E-state index contributed by atoms with van der Waals surface area (Å²) < 4.78 is 12.3. The molecule has 0 aliphatic rings. The number of methoxy groups -OCH3 is 1. The predicted molar refractivity (Wildman–Crippen MR) is 134 cm³/mol. The molecule has 0 bridgehead atoms. The molecule has 0 aromatic heterocycles. The maximum Gasteiger partial charge on any atom is 0.271 e. The van der Waals surface area contributed by atoms with Gasteiger partial charge in [-0.05, 0) is 67.3 Å². The number of benzene rings is 3. The second kappa shape index (κ2) is 11.4. The number of rotatable bonds is 8. The SMILES string of the molecule is COc1ccc([N+](=O)[O-])cc1NC(=O)/C(C#N)=C/c1cc(Br)c(OCc2ccccc2)c(Br)c1. The fraction of sp³-hybridized carbons (Fsp3) is 0.0833. The van der Waals surface area contributed by atoms with Crippen LogP contribution >= 0.6 is 31.9 Å². The van der Waals surface area contributed by atoms with Crippen molar-refractivity contribution in [3.8, 4) is 17.6 Å². The zero-order valence-electron chi connectivity index (χ0n) is 17.7. The van der Waals surface area contributed by atoms with Crippen LogP contribution in [0.25, 0.3) is 6.08 Å². The van der Waals surface area contributed by atoms with E-state index in [9.17, 15) is 20.2 Å². The number of halogens is 2. The number of carbonyl (C=O) groups is 1. The second-order valence-corrected chi connectivity index (χ2v) is 8.56. The largest absolute Gasteiger partial charge is 0.495 e. The summed E-state index contributed by atoms with van der Waals surface area (Å²) in [6.07, 6.45) is 1.40. The first kappa shape index (κ1) is 25.0. The van der Waals surface area contributed by atoms with Gasteiger partial charge in [-0.15, -0.1) is 0 Å². The minimum absolute atomic E-state index is 0.0786. The Labute approximate surface area is 212 Å². The van der Waals surface area contributed by atoms with Crippen molar-refractivity contribution in [1.29, 1.82) is 5.26 Å². The molecule has 0 saturated heterocycles. The van der Waals surface area contributed by atoms with Gasteiger partial charge in [-0.25, -0.2) is 0 Å². The van der Waals surface area contributed by atoms with Crippen molar-refractivity contribution in [2.45, 2.75) is 6.61 Å². The molecule has 172 valence electrons. The third-order valence-corrected chi connectivity index (χ3v) is 5.74. The van der Waals surface area contributed by atoms with E-state index in [0.29, 0.717) is 26.9 Å². The number of nitriles is 1. The van der Waals surface area contributed by atoms with Gasteiger partial charge < -0.3 is 14.8 Å². The normalized spacial score (nSPS) is 10.8. The summed E-state index contributed by atoms with van der Waals surface area (Å²) in [5.41, 5.74) is 1.21. The Hall–Kier alpha value is -3.68. The highest BCUT2D eigenvalue weighted by Crippen LogP contribution is 2.36. The summed E-state index contributed by atoms with van der Waals surface area (Å²) in [7, 11) is 1.37. The smallest absolute Gasteiger partial charge is 0.271 e. The molecule has 0 spiro atoms. The molecule has 0 aliphatic heterocycles. The van der Waals surface area contributed by atoms with Crippen LogP contribution in [0.2, 0.25) is 0 Å². The van der Waals surface area contributed by atoms with Crippen LogP contribution in [0.4, 0.5) is 11.4 Å². The molecule has 3 rings (SSSR count). The van der Waals surface area contributed by atoms with Gasteiger partial charge in [-0.2, -0.15) is 5.26 Å². The maximum atomic E-state index is 12.7. The Morgan fingerprint density at radius 3 is 2.41 bits per heavy atom. The first-order valence-electron chi connectivity index (χ1n) is 9.73. The molecule has 0 atom stereocenters. The maximum absolute atomic E-state index is 12.7. The molecule has 1 N–H and O–H groups in total. The van der Waals surface area contributed by atoms with E-state index in [1.54, 1.807) is 12.1 Å². The lowest BCUT2D eigenvalue weighted by Crippen LogP contribution is -2.14. The first-order chi connectivity index (χ1) is 16.3. The molecule has 0 saturated carbocycles. The summed E-state index contributed by atoms with van der Waals surface area (Å²) in [6, 6.07) is 18.7. The van der Waals surface area contributed by atoms with E-state index in [1.165, 1.54) is 25.3 Å². The van der Waals surface area contributed by atoms with Crippen LogP contribution in [0.3, 0.4) is 0 Å². The number of nitro groups is 1. The molecule has 3 aromatic carbocycles. The predicted octanol–water partition coefficient (Wildman–Crippen LogP) is 6.25. The number of nitro benzene ring substituents is 1. The van der Waals surface area contributed by atoms with Crippen LogP contribution in [-0.2, 0) is 11.4 Å². The Bertz CT molecular complexity index is 1280. The zero-order valence-corrected chi connectivity index (χ0v) is 20.9. The highest BCUT2D eigenvalue weighted by atomic mass is 79.9. The van der Waals surface area contributed by atoms with Crippen molar-refractivity contribution < 1.29 is 19.2 Å². The average Bonchev–Trinajstić information content (AvgIpc) is 2.82. The highest BCUT2D eigenvalue weighted by molar-refractivity contribution is 9.11. The molecule has 1 amide bonds. The van der Waals surface area contributed by atoms with Crippen molar-refractivity contribution in [2.24, 2.45) is 0 Å². The fourth-order valence-electron chi connectivity index (χ4n) is 2.94. The molecule has 10 heteroatoms. The summed E-state index contributed by atoms with van der Waals surface area (Å²) in [6.45, 7) is 0.365. The Morgan fingerprint density at radius 1 is 1.15 bits per heavy atom. The van der Waals surface area contributed by atoms with Gasteiger partial charge in [0.1, 0.15) is 29.7 Å². The van der Waals surface area contributed by atoms with E-state index in [4.69, 9.17) is 9.47 Å². The zero-order chi connectivity index (χ0) is 24.7. The molecule has 3 aromatic rings. The second-order valence-electron chi connectivity index (χ2n) is 6.85. The van der Waals surface area contributed by atoms with Gasteiger partial charge in [0.2, 0.25) is 0 Å².